The highest BCUT2D eigenvalue weighted by Gasteiger charge is 2.32. The Labute approximate surface area is 184 Å². The molecule has 1 saturated heterocycles. The molecule has 7 nitrogen and oxygen atoms in total. The quantitative estimate of drug-likeness (QED) is 0.566. The van der Waals surface area contributed by atoms with Crippen LogP contribution in [0.4, 0.5) is 20.6 Å². The van der Waals surface area contributed by atoms with E-state index in [2.05, 4.69) is 0 Å². The fourth-order valence-electron chi connectivity index (χ4n) is 3.34. The molecule has 8 heteroatoms. The summed E-state index contributed by atoms with van der Waals surface area (Å²) in [7, 11) is 0. The van der Waals surface area contributed by atoms with Crippen LogP contribution in [0.3, 0.4) is 0 Å². The van der Waals surface area contributed by atoms with Crippen LogP contribution < -0.4 is 9.96 Å². The zero-order valence-electron chi connectivity index (χ0n) is 17.1. The van der Waals surface area contributed by atoms with E-state index in [-0.39, 0.29) is 31.1 Å². The molecule has 1 heterocycles. The van der Waals surface area contributed by atoms with E-state index in [1.54, 1.807) is 30.3 Å². The zero-order valence-corrected chi connectivity index (χ0v) is 17.1. The molecule has 1 N–H and O–H groups in total. The summed E-state index contributed by atoms with van der Waals surface area (Å²) in [6.45, 7) is -0.0814. The molecule has 0 spiro atoms. The van der Waals surface area contributed by atoms with Crippen molar-refractivity contribution in [2.75, 3.05) is 23.1 Å². The number of aliphatic hydroxyl groups excluding tert-OH is 1. The first-order chi connectivity index (χ1) is 15.5. The molecular weight excluding hydrogens is 415 g/mol. The summed E-state index contributed by atoms with van der Waals surface area (Å²) < 4.78 is 20.2. The molecule has 1 aliphatic rings. The van der Waals surface area contributed by atoms with Gasteiger partial charge in [0.1, 0.15) is 11.8 Å². The molecule has 0 unspecified atom stereocenters. The molecule has 1 aliphatic heterocycles. The minimum Gasteiger partial charge on any atom is -0.441 e. The van der Waals surface area contributed by atoms with Crippen LogP contribution in [0.25, 0.3) is 0 Å². The van der Waals surface area contributed by atoms with Crippen LogP contribution in [-0.4, -0.2) is 36.4 Å². The number of anilines is 2. The van der Waals surface area contributed by atoms with E-state index < -0.39 is 24.0 Å². The second-order valence-corrected chi connectivity index (χ2v) is 7.20. The molecule has 3 aromatic rings. The van der Waals surface area contributed by atoms with E-state index in [1.165, 1.54) is 28.2 Å². The number of hydrogen-bond acceptors (Lipinski definition) is 6. The fourth-order valence-corrected chi connectivity index (χ4v) is 3.34. The lowest BCUT2D eigenvalue weighted by molar-refractivity contribution is 0.0439. The van der Waals surface area contributed by atoms with Gasteiger partial charge in [0.2, 0.25) is 0 Å². The van der Waals surface area contributed by atoms with Crippen LogP contribution >= 0.6 is 0 Å². The maximum atomic E-state index is 15.2. The standard InChI is InChI=1S/C24H21FN2O5/c25-21-13-19(26-15-20(16-28)31-24(26)30)11-12-22(21)27(14-17-7-3-1-4-8-17)32-23(29)18-9-5-2-6-10-18/h1-13,20,28H,14-16H2/t20-/m1/s1. The van der Waals surface area contributed by atoms with Crippen LogP contribution in [0.15, 0.2) is 78.9 Å². The first-order valence-electron chi connectivity index (χ1n) is 10.0. The number of carbonyl (C=O) groups is 2. The summed E-state index contributed by atoms with van der Waals surface area (Å²) in [6.07, 6.45) is -1.32. The van der Waals surface area contributed by atoms with Gasteiger partial charge >= 0.3 is 12.1 Å². The van der Waals surface area contributed by atoms with Crippen molar-refractivity contribution in [1.29, 1.82) is 0 Å². The molecule has 1 fully saturated rings. The second kappa shape index (κ2) is 9.49. The van der Waals surface area contributed by atoms with Crippen LogP contribution in [0.2, 0.25) is 0 Å². The first-order valence-corrected chi connectivity index (χ1v) is 10.0. The minimum absolute atomic E-state index is 0.0353. The molecule has 0 saturated carbocycles. The van der Waals surface area contributed by atoms with Gasteiger partial charge in [-0.3, -0.25) is 4.90 Å². The third-order valence-electron chi connectivity index (χ3n) is 4.96. The number of cyclic esters (lactones) is 1. The number of carbonyl (C=O) groups excluding carboxylic acids is 2. The topological polar surface area (TPSA) is 79.3 Å². The van der Waals surface area contributed by atoms with Crippen molar-refractivity contribution >= 4 is 23.4 Å². The lowest BCUT2D eigenvalue weighted by Crippen LogP contribution is -2.28. The highest BCUT2D eigenvalue weighted by Crippen LogP contribution is 2.29. The van der Waals surface area contributed by atoms with E-state index in [4.69, 9.17) is 9.57 Å². The Kier molecular flexibility index (Phi) is 6.32. The van der Waals surface area contributed by atoms with E-state index in [0.29, 0.717) is 5.56 Å². The Hall–Kier alpha value is -3.91. The maximum Gasteiger partial charge on any atom is 0.414 e. The smallest absolute Gasteiger partial charge is 0.414 e. The SMILES string of the molecule is O=C(ON(Cc1ccccc1)c1ccc(N2C[C@H](CO)OC2=O)cc1F)c1ccccc1. The van der Waals surface area contributed by atoms with Gasteiger partial charge in [-0.1, -0.05) is 48.5 Å². The molecule has 0 radical (unpaired) electrons. The number of rotatable bonds is 7. The van der Waals surface area contributed by atoms with Gasteiger partial charge in [-0.25, -0.2) is 14.0 Å². The maximum absolute atomic E-state index is 15.2. The lowest BCUT2D eigenvalue weighted by atomic mass is 10.2. The molecule has 4 rings (SSSR count). The van der Waals surface area contributed by atoms with Gasteiger partial charge in [0, 0.05) is 6.07 Å². The third-order valence-corrected chi connectivity index (χ3v) is 4.96. The average Bonchev–Trinajstić information content (AvgIpc) is 3.20. The average molecular weight is 436 g/mol. The van der Waals surface area contributed by atoms with Crippen LogP contribution in [-0.2, 0) is 16.1 Å². The number of hydrogen-bond donors (Lipinski definition) is 1. The summed E-state index contributed by atoms with van der Waals surface area (Å²) in [5, 5.41) is 10.4. The monoisotopic (exact) mass is 436 g/mol. The number of benzene rings is 3. The molecule has 0 aromatic heterocycles. The van der Waals surface area contributed by atoms with Gasteiger partial charge in [-0.2, -0.15) is 5.06 Å². The second-order valence-electron chi connectivity index (χ2n) is 7.20. The fraction of sp³-hybridized carbons (Fsp3) is 0.167. The molecule has 0 bridgehead atoms. The third kappa shape index (κ3) is 4.70. The lowest BCUT2D eigenvalue weighted by Gasteiger charge is -2.24. The first kappa shape index (κ1) is 21.3. The summed E-state index contributed by atoms with van der Waals surface area (Å²) in [5.74, 6) is -1.31. The minimum atomic E-state index is -0.681. The van der Waals surface area contributed by atoms with Crippen molar-refractivity contribution in [3.63, 3.8) is 0 Å². The molecule has 3 aromatic carbocycles. The normalized spacial score (nSPS) is 15.4. The number of amides is 1. The highest BCUT2D eigenvalue weighted by atomic mass is 19.1. The predicted molar refractivity (Wildman–Crippen MR) is 116 cm³/mol. The van der Waals surface area contributed by atoms with Crippen molar-refractivity contribution in [3.05, 3.63) is 95.8 Å². The Morgan fingerprint density at radius 3 is 2.41 bits per heavy atom. The molecule has 1 amide bonds. The van der Waals surface area contributed by atoms with Crippen LogP contribution in [0.5, 0.6) is 0 Å². The molecule has 32 heavy (non-hydrogen) atoms. The molecule has 0 aliphatic carbocycles. The van der Waals surface area contributed by atoms with Gasteiger partial charge < -0.3 is 14.7 Å². The summed E-state index contributed by atoms with van der Waals surface area (Å²) in [5.41, 5.74) is 1.46. The van der Waals surface area contributed by atoms with Crippen molar-refractivity contribution in [2.24, 2.45) is 0 Å². The van der Waals surface area contributed by atoms with Crippen LogP contribution in [0.1, 0.15) is 15.9 Å². The number of hydroxylamine groups is 1. The molecule has 164 valence electrons. The number of aliphatic hydroxyl groups is 1. The van der Waals surface area contributed by atoms with E-state index in [0.717, 1.165) is 5.56 Å². The van der Waals surface area contributed by atoms with Gasteiger partial charge in [0.05, 0.1) is 30.9 Å². The highest BCUT2D eigenvalue weighted by molar-refractivity contribution is 5.91. The van der Waals surface area contributed by atoms with Crippen molar-refractivity contribution in [2.45, 2.75) is 12.6 Å². The zero-order chi connectivity index (χ0) is 22.5. The van der Waals surface area contributed by atoms with E-state index in [9.17, 15) is 14.7 Å². The Morgan fingerprint density at radius 2 is 1.78 bits per heavy atom. The van der Waals surface area contributed by atoms with Crippen LogP contribution in [0, 0.1) is 5.82 Å². The van der Waals surface area contributed by atoms with Gasteiger partial charge in [-0.05, 0) is 29.8 Å². The number of nitrogens with zero attached hydrogens (tertiary/aromatic N) is 2. The Balaban J connectivity index is 1.61. The molecule has 1 atom stereocenters. The van der Waals surface area contributed by atoms with Gasteiger partial charge in [-0.15, -0.1) is 0 Å². The molecular formula is C24H21FN2O5. The van der Waals surface area contributed by atoms with E-state index in [1.807, 2.05) is 30.3 Å². The Bertz CT molecular complexity index is 1090. The van der Waals surface area contributed by atoms with E-state index >= 15 is 4.39 Å². The summed E-state index contributed by atoms with van der Waals surface area (Å²) in [6, 6.07) is 21.8. The van der Waals surface area contributed by atoms with Crippen molar-refractivity contribution in [1.82, 2.24) is 0 Å². The van der Waals surface area contributed by atoms with Crippen molar-refractivity contribution in [3.8, 4) is 0 Å². The number of halogens is 1. The summed E-state index contributed by atoms with van der Waals surface area (Å²) >= 11 is 0. The predicted octanol–water partition coefficient (Wildman–Crippen LogP) is 3.92. The Morgan fingerprint density at radius 1 is 1.09 bits per heavy atom. The summed E-state index contributed by atoms with van der Waals surface area (Å²) in [4.78, 5) is 31.4. The number of ether oxygens (including phenoxy) is 1. The largest absolute Gasteiger partial charge is 0.441 e. The van der Waals surface area contributed by atoms with Gasteiger partial charge in [0.15, 0.2) is 5.82 Å². The van der Waals surface area contributed by atoms with Gasteiger partial charge in [0.25, 0.3) is 0 Å². The van der Waals surface area contributed by atoms with Crippen molar-refractivity contribution < 1.29 is 28.7 Å².